The molecule has 0 aromatic carbocycles. The van der Waals surface area contributed by atoms with E-state index in [1.807, 2.05) is 20.8 Å². The fourth-order valence-corrected chi connectivity index (χ4v) is 2.47. The van der Waals surface area contributed by atoms with Crippen LogP contribution in [0.5, 0.6) is 0 Å². The van der Waals surface area contributed by atoms with Crippen LogP contribution in [0, 0.1) is 17.3 Å². The van der Waals surface area contributed by atoms with Crippen molar-refractivity contribution in [1.29, 1.82) is 0 Å². The molecule has 2 atom stereocenters. The lowest BCUT2D eigenvalue weighted by Gasteiger charge is -2.53. The molecule has 4 heteroatoms. The molecule has 0 aromatic rings. The summed E-state index contributed by atoms with van der Waals surface area (Å²) < 4.78 is 26.5. The number of amides is 1. The first-order valence-electron chi connectivity index (χ1n) is 5.40. The molecule has 0 N–H and O–H groups in total. The first-order valence-corrected chi connectivity index (χ1v) is 5.40. The van der Waals surface area contributed by atoms with Crippen molar-refractivity contribution in [2.45, 2.75) is 33.1 Å². The summed E-state index contributed by atoms with van der Waals surface area (Å²) in [5.74, 6) is -3.72. The molecule has 3 rings (SSSR count). The Balaban J connectivity index is 2.04. The topological polar surface area (TPSA) is 20.3 Å². The molecule has 86 valence electrons. The molecule has 0 spiro atoms. The van der Waals surface area contributed by atoms with Crippen LogP contribution in [0.2, 0.25) is 0 Å². The lowest BCUT2D eigenvalue weighted by molar-refractivity contribution is -0.227. The summed E-state index contributed by atoms with van der Waals surface area (Å²) in [6, 6.07) is 0. The van der Waals surface area contributed by atoms with Crippen LogP contribution in [0.3, 0.4) is 0 Å². The Labute approximate surface area is 88.6 Å². The maximum Gasteiger partial charge on any atom is 0.257 e. The molecule has 2 heterocycles. The molecule has 2 aliphatic heterocycles. The number of halogens is 2. The second-order valence-electron chi connectivity index (χ2n) is 5.76. The van der Waals surface area contributed by atoms with Gasteiger partial charge in [-0.15, -0.1) is 0 Å². The number of hydrogen-bond acceptors (Lipinski definition) is 1. The fourth-order valence-electron chi connectivity index (χ4n) is 2.47. The van der Waals surface area contributed by atoms with Crippen LogP contribution in [0.4, 0.5) is 8.78 Å². The second-order valence-corrected chi connectivity index (χ2v) is 5.76. The third-order valence-corrected chi connectivity index (χ3v) is 3.47. The van der Waals surface area contributed by atoms with Crippen LogP contribution in [-0.2, 0) is 4.79 Å². The highest BCUT2D eigenvalue weighted by Crippen LogP contribution is 2.52. The van der Waals surface area contributed by atoms with Gasteiger partial charge in [0.05, 0.1) is 0 Å². The van der Waals surface area contributed by atoms with Gasteiger partial charge in [0, 0.05) is 30.3 Å². The number of fused-ring (bicyclic) bond motifs is 2. The largest absolute Gasteiger partial charge is 0.341 e. The number of rotatable bonds is 0. The van der Waals surface area contributed by atoms with Crippen molar-refractivity contribution >= 4 is 5.91 Å². The number of carbonyl (C=O) groups excluding carboxylic acids is 1. The molecule has 3 fully saturated rings. The molecular weight excluding hydrogens is 200 g/mol. The standard InChI is InChI=1S/C11H17F2NO/c1-10(2,3)9(15)14-5-7-4-8(6-14)11(7,12)13/h7-8H,4-6H2,1-3H3. The molecule has 3 aliphatic rings. The van der Waals surface area contributed by atoms with Gasteiger partial charge in [-0.2, -0.15) is 0 Å². The van der Waals surface area contributed by atoms with Crippen molar-refractivity contribution < 1.29 is 13.6 Å². The summed E-state index contributed by atoms with van der Waals surface area (Å²) >= 11 is 0. The van der Waals surface area contributed by atoms with E-state index < -0.39 is 23.2 Å². The normalized spacial score (nSPS) is 33.5. The Kier molecular flexibility index (Phi) is 2.11. The zero-order valence-electron chi connectivity index (χ0n) is 9.39. The van der Waals surface area contributed by atoms with Crippen molar-refractivity contribution in [2.75, 3.05) is 13.1 Å². The summed E-state index contributed by atoms with van der Waals surface area (Å²) in [5, 5.41) is 0. The number of alkyl halides is 2. The summed E-state index contributed by atoms with van der Waals surface area (Å²) in [7, 11) is 0. The molecule has 0 radical (unpaired) electrons. The minimum absolute atomic E-state index is 0.00676. The molecule has 2 unspecified atom stereocenters. The molecule has 1 saturated carbocycles. The van der Waals surface area contributed by atoms with Crippen molar-refractivity contribution in [3.8, 4) is 0 Å². The maximum absolute atomic E-state index is 13.2. The molecule has 15 heavy (non-hydrogen) atoms. The molecule has 2 saturated heterocycles. The van der Waals surface area contributed by atoms with Gasteiger partial charge in [-0.1, -0.05) is 20.8 Å². The van der Waals surface area contributed by atoms with Crippen LogP contribution in [0.25, 0.3) is 0 Å². The van der Waals surface area contributed by atoms with Crippen molar-refractivity contribution in [3.63, 3.8) is 0 Å². The predicted molar refractivity (Wildman–Crippen MR) is 52.6 cm³/mol. The van der Waals surface area contributed by atoms with E-state index in [0.29, 0.717) is 6.42 Å². The van der Waals surface area contributed by atoms with E-state index in [1.165, 1.54) is 0 Å². The summed E-state index contributed by atoms with van der Waals surface area (Å²) in [4.78, 5) is 13.5. The molecule has 2 bridgehead atoms. The zero-order chi connectivity index (χ0) is 11.4. The number of nitrogens with zero attached hydrogens (tertiary/aromatic N) is 1. The van der Waals surface area contributed by atoms with Gasteiger partial charge < -0.3 is 4.90 Å². The fraction of sp³-hybridized carbons (Fsp3) is 0.909. The lowest BCUT2D eigenvalue weighted by Crippen LogP contribution is -2.64. The third kappa shape index (κ3) is 1.54. The van der Waals surface area contributed by atoms with Gasteiger partial charge in [-0.3, -0.25) is 4.79 Å². The number of hydrogen-bond donors (Lipinski definition) is 0. The van der Waals surface area contributed by atoms with Gasteiger partial charge in [-0.05, 0) is 6.42 Å². The minimum atomic E-state index is -2.52. The van der Waals surface area contributed by atoms with E-state index in [2.05, 4.69) is 0 Å². The van der Waals surface area contributed by atoms with E-state index in [4.69, 9.17) is 0 Å². The highest BCUT2D eigenvalue weighted by molar-refractivity contribution is 5.81. The van der Waals surface area contributed by atoms with E-state index in [-0.39, 0.29) is 19.0 Å². The molecule has 1 amide bonds. The smallest absolute Gasteiger partial charge is 0.257 e. The highest BCUT2D eigenvalue weighted by atomic mass is 19.3. The van der Waals surface area contributed by atoms with Crippen LogP contribution in [0.15, 0.2) is 0 Å². The van der Waals surface area contributed by atoms with E-state index in [0.717, 1.165) is 0 Å². The van der Waals surface area contributed by atoms with Gasteiger partial charge in [-0.25, -0.2) is 8.78 Å². The van der Waals surface area contributed by atoms with E-state index in [9.17, 15) is 13.6 Å². The van der Waals surface area contributed by atoms with Gasteiger partial charge in [0.15, 0.2) is 0 Å². The van der Waals surface area contributed by atoms with Crippen LogP contribution in [-0.4, -0.2) is 29.8 Å². The summed E-state index contributed by atoms with van der Waals surface area (Å²) in [6.45, 7) is 5.95. The average molecular weight is 217 g/mol. The van der Waals surface area contributed by atoms with E-state index >= 15 is 0 Å². The Morgan fingerprint density at radius 2 is 1.73 bits per heavy atom. The average Bonchev–Trinajstić information content (AvgIpc) is 2.15. The molecular formula is C11H17F2NO. The van der Waals surface area contributed by atoms with Gasteiger partial charge >= 0.3 is 0 Å². The Morgan fingerprint density at radius 3 is 2.07 bits per heavy atom. The van der Waals surface area contributed by atoms with E-state index in [1.54, 1.807) is 4.90 Å². The first kappa shape index (κ1) is 10.8. The minimum Gasteiger partial charge on any atom is -0.341 e. The molecule has 0 aromatic heterocycles. The van der Waals surface area contributed by atoms with Gasteiger partial charge in [0.1, 0.15) is 0 Å². The van der Waals surface area contributed by atoms with Gasteiger partial charge in [0.25, 0.3) is 5.92 Å². The summed E-state index contributed by atoms with van der Waals surface area (Å²) in [6.07, 6.45) is 0.584. The Morgan fingerprint density at radius 1 is 1.27 bits per heavy atom. The lowest BCUT2D eigenvalue weighted by atomic mass is 9.66. The van der Waals surface area contributed by atoms with Crippen LogP contribution >= 0.6 is 0 Å². The first-order chi connectivity index (χ1) is 6.73. The number of piperidine rings is 2. The van der Waals surface area contributed by atoms with Crippen molar-refractivity contribution in [2.24, 2.45) is 17.3 Å². The second kappa shape index (κ2) is 2.92. The predicted octanol–water partition coefficient (Wildman–Crippen LogP) is 2.15. The quantitative estimate of drug-likeness (QED) is 0.608. The van der Waals surface area contributed by atoms with Crippen LogP contribution < -0.4 is 0 Å². The summed E-state index contributed by atoms with van der Waals surface area (Å²) in [5.41, 5.74) is -0.459. The highest BCUT2D eigenvalue weighted by Gasteiger charge is 2.61. The Hall–Kier alpha value is -0.670. The van der Waals surface area contributed by atoms with Crippen molar-refractivity contribution in [3.05, 3.63) is 0 Å². The van der Waals surface area contributed by atoms with Gasteiger partial charge in [0.2, 0.25) is 5.91 Å². The molecule has 1 aliphatic carbocycles. The molecule has 2 nitrogen and oxygen atoms in total. The monoisotopic (exact) mass is 217 g/mol. The Bertz CT molecular complexity index is 281. The number of carbonyl (C=O) groups is 1. The third-order valence-electron chi connectivity index (χ3n) is 3.47. The zero-order valence-corrected chi connectivity index (χ0v) is 9.39. The SMILES string of the molecule is CC(C)(C)C(=O)N1CC2CC(C1)C2(F)F. The van der Waals surface area contributed by atoms with Crippen molar-refractivity contribution in [1.82, 2.24) is 4.90 Å². The maximum atomic E-state index is 13.2. The van der Waals surface area contributed by atoms with Crippen LogP contribution in [0.1, 0.15) is 27.2 Å².